The first kappa shape index (κ1) is 22.9. The van der Waals surface area contributed by atoms with Crippen LogP contribution in [0.5, 0.6) is 5.75 Å². The van der Waals surface area contributed by atoms with E-state index in [9.17, 15) is 9.59 Å². The maximum absolute atomic E-state index is 11.8. The zero-order valence-corrected chi connectivity index (χ0v) is 16.5. The molecule has 0 radical (unpaired) electrons. The molecule has 0 amide bonds. The SMILES string of the molecule is CC(C)(C)C(=O)OCOC(=O)Cc1ccc(OCCCNCCCO)cc1. The lowest BCUT2D eigenvalue weighted by Gasteiger charge is -2.16. The molecule has 1 rings (SSSR count). The van der Waals surface area contributed by atoms with Gasteiger partial charge in [0, 0.05) is 6.61 Å². The fourth-order valence-electron chi connectivity index (χ4n) is 2.00. The van der Waals surface area contributed by atoms with Gasteiger partial charge in [-0.2, -0.15) is 0 Å². The van der Waals surface area contributed by atoms with Gasteiger partial charge in [-0.05, 0) is 64.4 Å². The van der Waals surface area contributed by atoms with Crippen LogP contribution in [0.4, 0.5) is 0 Å². The average molecular weight is 381 g/mol. The molecular weight excluding hydrogens is 350 g/mol. The van der Waals surface area contributed by atoms with Gasteiger partial charge in [0.15, 0.2) is 0 Å². The van der Waals surface area contributed by atoms with Gasteiger partial charge in [0.05, 0.1) is 18.4 Å². The molecule has 2 N–H and O–H groups in total. The van der Waals surface area contributed by atoms with Crippen LogP contribution >= 0.6 is 0 Å². The maximum atomic E-state index is 11.8. The molecule has 7 nitrogen and oxygen atoms in total. The Labute approximate surface area is 161 Å². The number of aliphatic hydroxyl groups is 1. The summed E-state index contributed by atoms with van der Waals surface area (Å²) in [6.07, 6.45) is 1.72. The number of carbonyl (C=O) groups is 2. The highest BCUT2D eigenvalue weighted by Crippen LogP contribution is 2.15. The highest BCUT2D eigenvalue weighted by molar-refractivity contribution is 5.76. The Balaban J connectivity index is 2.21. The summed E-state index contributed by atoms with van der Waals surface area (Å²) in [5.41, 5.74) is 0.165. The van der Waals surface area contributed by atoms with Gasteiger partial charge in [-0.25, -0.2) is 0 Å². The van der Waals surface area contributed by atoms with Crippen LogP contribution in [0.15, 0.2) is 24.3 Å². The van der Waals surface area contributed by atoms with Crippen LogP contribution in [0.1, 0.15) is 39.2 Å². The summed E-state index contributed by atoms with van der Waals surface area (Å²) in [5.74, 6) is -0.138. The van der Waals surface area contributed by atoms with Crippen LogP contribution in [0.25, 0.3) is 0 Å². The lowest BCUT2D eigenvalue weighted by Crippen LogP contribution is -2.25. The van der Waals surface area contributed by atoms with E-state index in [0.29, 0.717) is 6.61 Å². The van der Waals surface area contributed by atoms with Crippen LogP contribution in [0.3, 0.4) is 0 Å². The number of carbonyl (C=O) groups excluding carboxylic acids is 2. The number of ether oxygens (including phenoxy) is 3. The highest BCUT2D eigenvalue weighted by Gasteiger charge is 2.23. The molecule has 1 aromatic rings. The monoisotopic (exact) mass is 381 g/mol. The van der Waals surface area contributed by atoms with Gasteiger partial charge < -0.3 is 24.6 Å². The number of esters is 2. The first-order valence-corrected chi connectivity index (χ1v) is 9.19. The minimum atomic E-state index is -0.627. The third kappa shape index (κ3) is 10.6. The molecule has 0 spiro atoms. The second kappa shape index (κ2) is 12.3. The molecule has 0 atom stereocenters. The Morgan fingerprint density at radius 3 is 2.33 bits per heavy atom. The van der Waals surface area contributed by atoms with Crippen molar-refractivity contribution in [3.05, 3.63) is 29.8 Å². The standard InChI is InChI=1S/C20H31NO6/c1-20(2,3)19(24)27-15-26-18(23)14-16-6-8-17(9-7-16)25-13-5-11-21-10-4-12-22/h6-9,21-22H,4-5,10-15H2,1-3H3. The second-order valence-electron chi connectivity index (χ2n) is 7.17. The van der Waals surface area contributed by atoms with Crippen molar-refractivity contribution in [3.8, 4) is 5.75 Å². The Morgan fingerprint density at radius 1 is 1.04 bits per heavy atom. The number of nitrogens with one attached hydrogen (secondary N) is 1. The van der Waals surface area contributed by atoms with E-state index >= 15 is 0 Å². The average Bonchev–Trinajstić information content (AvgIpc) is 2.61. The molecule has 0 fully saturated rings. The molecule has 7 heteroatoms. The van der Waals surface area contributed by atoms with Crippen molar-refractivity contribution in [2.24, 2.45) is 5.41 Å². The summed E-state index contributed by atoms with van der Waals surface area (Å²) < 4.78 is 15.5. The Hall–Kier alpha value is -2.12. The zero-order valence-electron chi connectivity index (χ0n) is 16.5. The number of aliphatic hydroxyl groups excluding tert-OH is 1. The third-order valence-corrected chi connectivity index (χ3v) is 3.57. The van der Waals surface area contributed by atoms with Gasteiger partial charge in [0.1, 0.15) is 5.75 Å². The van der Waals surface area contributed by atoms with E-state index in [0.717, 1.165) is 37.2 Å². The lowest BCUT2D eigenvalue weighted by molar-refractivity contribution is -0.172. The molecular formula is C20H31NO6. The van der Waals surface area contributed by atoms with E-state index in [-0.39, 0.29) is 19.8 Å². The Bertz CT molecular complexity index is 565. The molecule has 0 heterocycles. The third-order valence-electron chi connectivity index (χ3n) is 3.57. The van der Waals surface area contributed by atoms with Crippen LogP contribution in [0, 0.1) is 5.41 Å². The molecule has 1 aromatic carbocycles. The number of rotatable bonds is 12. The van der Waals surface area contributed by atoms with Crippen LogP contribution < -0.4 is 10.1 Å². The fraction of sp³-hybridized carbons (Fsp3) is 0.600. The predicted molar refractivity (Wildman–Crippen MR) is 101 cm³/mol. The molecule has 0 aromatic heterocycles. The summed E-state index contributed by atoms with van der Waals surface area (Å²) in [6.45, 7) is 7.25. The van der Waals surface area contributed by atoms with Crippen molar-refractivity contribution in [3.63, 3.8) is 0 Å². The van der Waals surface area contributed by atoms with Gasteiger partial charge in [-0.1, -0.05) is 12.1 Å². The number of hydrogen-bond acceptors (Lipinski definition) is 7. The lowest BCUT2D eigenvalue weighted by atomic mass is 9.98. The zero-order chi connectivity index (χ0) is 20.1. The van der Waals surface area contributed by atoms with E-state index in [2.05, 4.69) is 5.32 Å². The van der Waals surface area contributed by atoms with Crippen LogP contribution in [0.2, 0.25) is 0 Å². The van der Waals surface area contributed by atoms with Gasteiger partial charge >= 0.3 is 11.9 Å². The molecule has 27 heavy (non-hydrogen) atoms. The number of hydrogen-bond donors (Lipinski definition) is 2. The van der Waals surface area contributed by atoms with E-state index in [4.69, 9.17) is 19.3 Å². The fourth-order valence-corrected chi connectivity index (χ4v) is 2.00. The Morgan fingerprint density at radius 2 is 1.70 bits per heavy atom. The summed E-state index contributed by atoms with van der Waals surface area (Å²) in [7, 11) is 0. The molecule has 0 aliphatic rings. The minimum absolute atomic E-state index is 0.0993. The molecule has 0 saturated carbocycles. The van der Waals surface area contributed by atoms with E-state index < -0.39 is 17.4 Å². The molecule has 0 aliphatic carbocycles. The van der Waals surface area contributed by atoms with Gasteiger partial charge in [-0.15, -0.1) is 0 Å². The predicted octanol–water partition coefficient (Wildman–Crippen LogP) is 2.06. The van der Waals surface area contributed by atoms with Crippen molar-refractivity contribution in [1.82, 2.24) is 5.32 Å². The summed E-state index contributed by atoms with van der Waals surface area (Å²) in [4.78, 5) is 23.4. The molecule has 0 saturated heterocycles. The summed E-state index contributed by atoms with van der Waals surface area (Å²) >= 11 is 0. The van der Waals surface area contributed by atoms with Crippen molar-refractivity contribution in [2.75, 3.05) is 33.1 Å². The summed E-state index contributed by atoms with van der Waals surface area (Å²) in [6, 6.07) is 7.22. The Kier molecular flexibility index (Phi) is 10.4. The van der Waals surface area contributed by atoms with Gasteiger partial charge in [-0.3, -0.25) is 9.59 Å². The van der Waals surface area contributed by atoms with Crippen molar-refractivity contribution in [2.45, 2.75) is 40.0 Å². The molecule has 0 bridgehead atoms. The second-order valence-corrected chi connectivity index (χ2v) is 7.17. The van der Waals surface area contributed by atoms with Gasteiger partial charge in [0.25, 0.3) is 0 Å². The van der Waals surface area contributed by atoms with Crippen LogP contribution in [-0.4, -0.2) is 50.1 Å². The van der Waals surface area contributed by atoms with Crippen molar-refractivity contribution in [1.29, 1.82) is 0 Å². The first-order chi connectivity index (χ1) is 12.8. The number of benzene rings is 1. The quantitative estimate of drug-likeness (QED) is 0.325. The van der Waals surface area contributed by atoms with E-state index in [1.54, 1.807) is 45.0 Å². The topological polar surface area (TPSA) is 94.1 Å². The van der Waals surface area contributed by atoms with Crippen LogP contribution in [-0.2, 0) is 25.5 Å². The first-order valence-electron chi connectivity index (χ1n) is 9.19. The molecule has 0 unspecified atom stereocenters. The van der Waals surface area contributed by atoms with Crippen molar-refractivity contribution >= 4 is 11.9 Å². The largest absolute Gasteiger partial charge is 0.494 e. The minimum Gasteiger partial charge on any atom is -0.494 e. The van der Waals surface area contributed by atoms with E-state index in [1.807, 2.05) is 0 Å². The molecule has 0 aliphatic heterocycles. The summed E-state index contributed by atoms with van der Waals surface area (Å²) in [5, 5.41) is 11.9. The highest BCUT2D eigenvalue weighted by atomic mass is 16.7. The maximum Gasteiger partial charge on any atom is 0.314 e. The van der Waals surface area contributed by atoms with Crippen molar-refractivity contribution < 1.29 is 28.9 Å². The smallest absolute Gasteiger partial charge is 0.314 e. The van der Waals surface area contributed by atoms with E-state index in [1.165, 1.54) is 0 Å². The normalized spacial score (nSPS) is 11.1. The van der Waals surface area contributed by atoms with Gasteiger partial charge in [0.2, 0.25) is 6.79 Å². The molecule has 152 valence electrons.